The van der Waals surface area contributed by atoms with Gasteiger partial charge in [0.05, 0.1) is 25.2 Å². The van der Waals surface area contributed by atoms with Crippen LogP contribution in [0.15, 0.2) is 0 Å². The van der Waals surface area contributed by atoms with E-state index in [2.05, 4.69) is 12.2 Å². The number of unbranched alkanes of at least 4 members (excludes halogenated alkanes) is 6. The Morgan fingerprint density at radius 3 is 2.48 bits per heavy atom. The molecule has 2 rings (SSSR count). The van der Waals surface area contributed by atoms with Crippen LogP contribution in [0.3, 0.4) is 0 Å². The molecule has 6 atom stereocenters. The number of carbonyl (C=O) groups is 3. The smallest absolute Gasteiger partial charge is 0.380 e. The van der Waals surface area contributed by atoms with Crippen molar-refractivity contribution in [3.05, 3.63) is 0 Å². The van der Waals surface area contributed by atoms with Crippen LogP contribution in [0, 0.1) is 0 Å². The van der Waals surface area contributed by atoms with Crippen LogP contribution in [-0.4, -0.2) is 76.0 Å². The molecule has 2 heterocycles. The van der Waals surface area contributed by atoms with Gasteiger partial charge in [0.25, 0.3) is 0 Å². The molecule has 4 N–H and O–H groups in total. The second-order valence-corrected chi connectivity index (χ2v) is 8.30. The number of amides is 1. The molecule has 0 aromatic rings. The number of aliphatic hydroxyl groups is 3. The summed E-state index contributed by atoms with van der Waals surface area (Å²) in [6, 6.07) is -1.02. The highest BCUT2D eigenvalue weighted by Gasteiger charge is 2.63. The van der Waals surface area contributed by atoms with Gasteiger partial charge in [-0.05, 0) is 6.42 Å². The summed E-state index contributed by atoms with van der Waals surface area (Å²) in [6.45, 7) is 2.65. The van der Waals surface area contributed by atoms with Crippen LogP contribution >= 0.6 is 0 Å². The van der Waals surface area contributed by atoms with Crippen LogP contribution in [-0.2, 0) is 28.6 Å². The van der Waals surface area contributed by atoms with E-state index in [1.165, 1.54) is 19.8 Å². The minimum absolute atomic E-state index is 0.0880. The van der Waals surface area contributed by atoms with Crippen LogP contribution < -0.4 is 5.32 Å². The number of carbonyl (C=O) groups excluding carboxylic acids is 3. The number of nitrogens with one attached hydrogen (secondary N) is 1. The Kier molecular flexibility index (Phi) is 9.67. The van der Waals surface area contributed by atoms with E-state index in [0.717, 1.165) is 25.7 Å². The molecule has 10 heteroatoms. The first-order valence-corrected chi connectivity index (χ1v) is 11.1. The van der Waals surface area contributed by atoms with E-state index in [1.54, 1.807) is 0 Å². The molecular weight excluding hydrogens is 410 g/mol. The van der Waals surface area contributed by atoms with Crippen molar-refractivity contribution in [3.63, 3.8) is 0 Å². The quantitative estimate of drug-likeness (QED) is 0.245. The van der Waals surface area contributed by atoms with E-state index in [4.69, 9.17) is 14.2 Å². The highest BCUT2D eigenvalue weighted by molar-refractivity contribution is 5.83. The van der Waals surface area contributed by atoms with Gasteiger partial charge in [-0.2, -0.15) is 0 Å². The monoisotopic (exact) mass is 445 g/mol. The van der Waals surface area contributed by atoms with Crippen LogP contribution in [0.25, 0.3) is 0 Å². The molecule has 2 aliphatic rings. The highest BCUT2D eigenvalue weighted by Crippen LogP contribution is 2.39. The Labute approximate surface area is 182 Å². The Morgan fingerprint density at radius 2 is 1.87 bits per heavy atom. The van der Waals surface area contributed by atoms with Gasteiger partial charge in [-0.1, -0.05) is 45.4 Å². The molecule has 0 radical (unpaired) electrons. The maximum atomic E-state index is 12.6. The SMILES string of the molecule is CCCCCCCCCC(=O)O[C@@]12C[C@H](O)[C@@H](NC(C)=O)[C@@H](O1)[C@@H]([C@H](O)CO)OC2=O. The number of ether oxygens (including phenoxy) is 3. The average Bonchev–Trinajstić information content (AvgIpc) is 2.71. The molecule has 2 saturated heterocycles. The van der Waals surface area contributed by atoms with E-state index in [9.17, 15) is 29.7 Å². The molecular formula is C21H35NO9. The summed E-state index contributed by atoms with van der Waals surface area (Å²) in [7, 11) is 0. The van der Waals surface area contributed by atoms with Crippen molar-refractivity contribution in [1.29, 1.82) is 0 Å². The number of cyclic esters (lactones) is 1. The minimum Gasteiger partial charge on any atom is -0.452 e. The Hall–Kier alpha value is -1.75. The molecule has 2 fully saturated rings. The van der Waals surface area contributed by atoms with Crippen LogP contribution in [0.2, 0.25) is 0 Å². The maximum Gasteiger partial charge on any atom is 0.380 e. The lowest BCUT2D eigenvalue weighted by atomic mass is 9.86. The first kappa shape index (κ1) is 25.5. The van der Waals surface area contributed by atoms with Crippen molar-refractivity contribution in [2.45, 2.75) is 108 Å². The van der Waals surface area contributed by atoms with Crippen molar-refractivity contribution in [2.24, 2.45) is 0 Å². The molecule has 10 nitrogen and oxygen atoms in total. The molecule has 1 amide bonds. The molecule has 178 valence electrons. The first-order chi connectivity index (χ1) is 14.7. The molecule has 2 bridgehead atoms. The molecule has 0 aromatic heterocycles. The fourth-order valence-electron chi connectivity index (χ4n) is 4.03. The summed E-state index contributed by atoms with van der Waals surface area (Å²) in [4.78, 5) is 36.5. The Balaban J connectivity index is 2.01. The van der Waals surface area contributed by atoms with Gasteiger partial charge in [-0.25, -0.2) is 4.79 Å². The molecule has 2 aliphatic heterocycles. The van der Waals surface area contributed by atoms with Gasteiger partial charge in [0.1, 0.15) is 12.2 Å². The zero-order valence-corrected chi connectivity index (χ0v) is 18.2. The lowest BCUT2D eigenvalue weighted by Gasteiger charge is -2.51. The molecule has 0 aromatic carbocycles. The van der Waals surface area contributed by atoms with Gasteiger partial charge >= 0.3 is 17.7 Å². The van der Waals surface area contributed by atoms with Crippen molar-refractivity contribution in [1.82, 2.24) is 5.32 Å². The number of hydrogen-bond acceptors (Lipinski definition) is 9. The van der Waals surface area contributed by atoms with Crippen molar-refractivity contribution in [3.8, 4) is 0 Å². The van der Waals surface area contributed by atoms with E-state index >= 15 is 0 Å². The third kappa shape index (κ3) is 6.61. The fraction of sp³-hybridized carbons (Fsp3) is 0.857. The van der Waals surface area contributed by atoms with Crippen LogP contribution in [0.1, 0.15) is 71.6 Å². The average molecular weight is 446 g/mol. The summed E-state index contributed by atoms with van der Waals surface area (Å²) >= 11 is 0. The topological polar surface area (TPSA) is 152 Å². The summed E-state index contributed by atoms with van der Waals surface area (Å²) in [5.41, 5.74) is 0. The fourth-order valence-corrected chi connectivity index (χ4v) is 4.03. The number of hydrogen-bond donors (Lipinski definition) is 4. The Morgan fingerprint density at radius 1 is 1.23 bits per heavy atom. The normalized spacial score (nSPS) is 30.9. The van der Waals surface area contributed by atoms with Crippen molar-refractivity contribution >= 4 is 17.8 Å². The predicted molar refractivity (Wildman–Crippen MR) is 108 cm³/mol. The third-order valence-electron chi connectivity index (χ3n) is 5.65. The third-order valence-corrected chi connectivity index (χ3v) is 5.65. The van der Waals surface area contributed by atoms with E-state index in [-0.39, 0.29) is 6.42 Å². The summed E-state index contributed by atoms with van der Waals surface area (Å²) in [6.07, 6.45) is 1.41. The number of esters is 2. The number of fused-ring (bicyclic) bond motifs is 2. The van der Waals surface area contributed by atoms with Crippen LogP contribution in [0.4, 0.5) is 0 Å². The lowest BCUT2D eigenvalue weighted by molar-refractivity contribution is -0.333. The van der Waals surface area contributed by atoms with Crippen molar-refractivity contribution < 1.29 is 43.9 Å². The van der Waals surface area contributed by atoms with Gasteiger partial charge < -0.3 is 34.8 Å². The second-order valence-electron chi connectivity index (χ2n) is 8.30. The van der Waals surface area contributed by atoms with Gasteiger partial charge in [-0.15, -0.1) is 0 Å². The minimum atomic E-state index is -2.15. The standard InChI is InChI=1S/C21H35NO9/c1-3-4-5-6-7-8-9-10-16(27)30-21-11-14(25)17(22-13(2)24)19(31-21)18(15(26)12-23)29-20(21)28/h14-15,17-19,23,25-26H,3-12H2,1-2H3,(H,22,24)/t14-,15+,17+,18+,19+,21-/m0/s1. The van der Waals surface area contributed by atoms with E-state index < -0.39 is 67.1 Å². The van der Waals surface area contributed by atoms with Gasteiger partial charge in [0.2, 0.25) is 5.91 Å². The summed E-state index contributed by atoms with van der Waals surface area (Å²) in [5.74, 6) is -4.33. The zero-order valence-electron chi connectivity index (χ0n) is 18.2. The zero-order chi connectivity index (χ0) is 23.0. The molecule has 0 spiro atoms. The number of rotatable bonds is 12. The van der Waals surface area contributed by atoms with Crippen molar-refractivity contribution in [2.75, 3.05) is 6.61 Å². The largest absolute Gasteiger partial charge is 0.452 e. The predicted octanol–water partition coefficient (Wildman–Crippen LogP) is 0.300. The second kappa shape index (κ2) is 11.8. The maximum absolute atomic E-state index is 12.6. The van der Waals surface area contributed by atoms with Gasteiger partial charge in [0.15, 0.2) is 6.10 Å². The molecule has 0 saturated carbocycles. The van der Waals surface area contributed by atoms with Gasteiger partial charge in [0, 0.05) is 13.3 Å². The van der Waals surface area contributed by atoms with E-state index in [1.807, 2.05) is 0 Å². The molecule has 31 heavy (non-hydrogen) atoms. The number of aliphatic hydroxyl groups excluding tert-OH is 3. The first-order valence-electron chi connectivity index (χ1n) is 11.1. The van der Waals surface area contributed by atoms with Gasteiger partial charge in [-0.3, -0.25) is 9.59 Å². The van der Waals surface area contributed by atoms with Crippen LogP contribution in [0.5, 0.6) is 0 Å². The molecule has 0 aliphatic carbocycles. The Bertz CT molecular complexity index is 626. The highest BCUT2D eigenvalue weighted by atomic mass is 16.8. The van der Waals surface area contributed by atoms with E-state index in [0.29, 0.717) is 6.42 Å². The lowest BCUT2D eigenvalue weighted by Crippen LogP contribution is -2.72. The summed E-state index contributed by atoms with van der Waals surface area (Å²) < 4.78 is 16.3. The summed E-state index contributed by atoms with van der Waals surface area (Å²) in [5, 5.41) is 32.4. The molecule has 0 unspecified atom stereocenters.